The summed E-state index contributed by atoms with van der Waals surface area (Å²) < 4.78 is 5.37. The average Bonchev–Trinajstić information content (AvgIpc) is 3.12. The van der Waals surface area contributed by atoms with Crippen LogP contribution in [0.1, 0.15) is 36.6 Å². The van der Waals surface area contributed by atoms with Gasteiger partial charge < -0.3 is 4.74 Å². The SMILES string of the molecule is O=C(Oc1ccc(C=NN2C(=O)c3ccccc3C2=O)cc1[N+](=O)[O-])c1cccc2ccccc12. The fourth-order valence-electron chi connectivity index (χ4n) is 3.81. The summed E-state index contributed by atoms with van der Waals surface area (Å²) in [5, 5.41) is 17.8. The molecule has 0 unspecified atom stereocenters. The van der Waals surface area contributed by atoms with Crippen molar-refractivity contribution in [1.29, 1.82) is 0 Å². The molecule has 0 radical (unpaired) electrons. The normalized spacial score (nSPS) is 12.9. The molecule has 0 aliphatic carbocycles. The third kappa shape index (κ3) is 3.91. The Bertz CT molecular complexity index is 1540. The zero-order chi connectivity index (χ0) is 24.5. The van der Waals surface area contributed by atoms with Crippen LogP contribution < -0.4 is 4.74 Å². The molecular formula is C26H15N3O6. The quantitative estimate of drug-likeness (QED) is 0.106. The summed E-state index contributed by atoms with van der Waals surface area (Å²) >= 11 is 0. The maximum atomic E-state index is 12.8. The number of nitro benzene ring substituents is 1. The second kappa shape index (κ2) is 8.64. The molecule has 0 saturated carbocycles. The number of carbonyl (C=O) groups is 3. The van der Waals surface area contributed by atoms with Crippen LogP contribution in [0.4, 0.5) is 5.69 Å². The first-order valence-electron chi connectivity index (χ1n) is 10.4. The van der Waals surface area contributed by atoms with Crippen LogP contribution in [0.2, 0.25) is 0 Å². The lowest BCUT2D eigenvalue weighted by atomic mass is 10.0. The van der Waals surface area contributed by atoms with E-state index >= 15 is 0 Å². The lowest BCUT2D eigenvalue weighted by molar-refractivity contribution is -0.385. The van der Waals surface area contributed by atoms with Crippen LogP contribution in [0.5, 0.6) is 5.75 Å². The van der Waals surface area contributed by atoms with Crippen LogP contribution in [0, 0.1) is 10.1 Å². The smallest absolute Gasteiger partial charge is 0.344 e. The van der Waals surface area contributed by atoms with Crippen LogP contribution in [-0.4, -0.2) is 33.9 Å². The molecule has 4 aromatic rings. The van der Waals surface area contributed by atoms with E-state index in [1.807, 2.05) is 18.2 Å². The molecule has 1 heterocycles. The number of hydrogen-bond acceptors (Lipinski definition) is 7. The number of nitrogens with zero attached hydrogens (tertiary/aromatic N) is 3. The largest absolute Gasteiger partial charge is 0.416 e. The minimum atomic E-state index is -0.739. The van der Waals surface area contributed by atoms with Crippen molar-refractivity contribution in [3.8, 4) is 5.75 Å². The summed E-state index contributed by atoms with van der Waals surface area (Å²) in [5.74, 6) is -2.16. The van der Waals surface area contributed by atoms with E-state index in [0.717, 1.165) is 17.7 Å². The maximum absolute atomic E-state index is 12.8. The Hall–Kier alpha value is -5.18. The van der Waals surface area contributed by atoms with E-state index in [0.29, 0.717) is 10.4 Å². The van der Waals surface area contributed by atoms with E-state index in [2.05, 4.69) is 5.10 Å². The molecule has 0 aromatic heterocycles. The highest BCUT2D eigenvalue weighted by Gasteiger charge is 2.35. The number of benzene rings is 4. The van der Waals surface area contributed by atoms with Gasteiger partial charge in [0.05, 0.1) is 27.8 Å². The molecule has 1 aliphatic rings. The van der Waals surface area contributed by atoms with E-state index in [4.69, 9.17) is 4.74 Å². The Morgan fingerprint density at radius 3 is 2.26 bits per heavy atom. The molecule has 0 atom stereocenters. The molecule has 5 rings (SSSR count). The van der Waals surface area contributed by atoms with Crippen molar-refractivity contribution in [1.82, 2.24) is 5.01 Å². The first kappa shape index (κ1) is 21.7. The molecule has 0 spiro atoms. The van der Waals surface area contributed by atoms with E-state index in [1.54, 1.807) is 36.4 Å². The molecule has 1 aliphatic heterocycles. The average molecular weight is 465 g/mol. The fourth-order valence-corrected chi connectivity index (χ4v) is 3.81. The number of hydrazone groups is 1. The van der Waals surface area contributed by atoms with Gasteiger partial charge in [0, 0.05) is 11.6 Å². The summed E-state index contributed by atoms with van der Waals surface area (Å²) in [6.07, 6.45) is 1.16. The molecule has 9 nitrogen and oxygen atoms in total. The lowest BCUT2D eigenvalue weighted by Gasteiger charge is -2.08. The molecule has 170 valence electrons. The van der Waals surface area contributed by atoms with Crippen LogP contribution in [0.15, 0.2) is 90.0 Å². The lowest BCUT2D eigenvalue weighted by Crippen LogP contribution is -2.24. The highest BCUT2D eigenvalue weighted by atomic mass is 16.6. The number of fused-ring (bicyclic) bond motifs is 2. The minimum absolute atomic E-state index is 0.233. The molecule has 0 saturated heterocycles. The molecule has 9 heteroatoms. The van der Waals surface area contributed by atoms with Gasteiger partial charge >= 0.3 is 11.7 Å². The van der Waals surface area contributed by atoms with Gasteiger partial charge in [-0.2, -0.15) is 10.1 Å². The highest BCUT2D eigenvalue weighted by Crippen LogP contribution is 2.30. The molecule has 2 amide bonds. The van der Waals surface area contributed by atoms with Gasteiger partial charge in [0.25, 0.3) is 11.8 Å². The maximum Gasteiger partial charge on any atom is 0.344 e. The van der Waals surface area contributed by atoms with Crippen molar-refractivity contribution >= 4 is 40.5 Å². The Morgan fingerprint density at radius 2 is 1.54 bits per heavy atom. The first-order chi connectivity index (χ1) is 16.9. The van der Waals surface area contributed by atoms with Crippen LogP contribution in [0.25, 0.3) is 10.8 Å². The van der Waals surface area contributed by atoms with Crippen molar-refractivity contribution in [3.05, 3.63) is 117 Å². The van der Waals surface area contributed by atoms with Gasteiger partial charge in [-0.15, -0.1) is 0 Å². The third-order valence-corrected chi connectivity index (χ3v) is 5.49. The Morgan fingerprint density at radius 1 is 0.886 bits per heavy atom. The van der Waals surface area contributed by atoms with Crippen molar-refractivity contribution < 1.29 is 24.0 Å². The van der Waals surface area contributed by atoms with Gasteiger partial charge in [-0.1, -0.05) is 48.5 Å². The zero-order valence-electron chi connectivity index (χ0n) is 18.0. The summed E-state index contributed by atoms with van der Waals surface area (Å²) in [7, 11) is 0. The van der Waals surface area contributed by atoms with Crippen molar-refractivity contribution in [3.63, 3.8) is 0 Å². The second-order valence-corrected chi connectivity index (χ2v) is 7.61. The summed E-state index contributed by atoms with van der Waals surface area (Å²) in [6.45, 7) is 0. The van der Waals surface area contributed by atoms with Gasteiger partial charge in [-0.3, -0.25) is 19.7 Å². The van der Waals surface area contributed by atoms with E-state index in [9.17, 15) is 24.5 Å². The van der Waals surface area contributed by atoms with Crippen molar-refractivity contribution in [2.45, 2.75) is 0 Å². The number of ether oxygens (including phenoxy) is 1. The predicted octanol–water partition coefficient (Wildman–Crippen LogP) is 4.60. The predicted molar refractivity (Wildman–Crippen MR) is 127 cm³/mol. The Balaban J connectivity index is 1.41. The summed E-state index contributed by atoms with van der Waals surface area (Å²) in [4.78, 5) is 48.7. The Kier molecular flexibility index (Phi) is 5.34. The van der Waals surface area contributed by atoms with Gasteiger partial charge in [-0.05, 0) is 41.1 Å². The number of amides is 2. The number of imide groups is 1. The number of esters is 1. The van der Waals surface area contributed by atoms with E-state index < -0.39 is 28.4 Å². The summed E-state index contributed by atoms with van der Waals surface area (Å²) in [6, 6.07) is 22.5. The molecule has 0 fully saturated rings. The van der Waals surface area contributed by atoms with E-state index in [1.165, 1.54) is 24.3 Å². The standard InChI is InChI=1S/C26H15N3O6/c30-24-19-9-3-4-10-20(19)25(31)28(24)27-15-16-12-13-23(22(14-16)29(33)34)35-26(32)21-11-5-7-17-6-1-2-8-18(17)21/h1-15H. The van der Waals surface area contributed by atoms with Crippen molar-refractivity contribution in [2.75, 3.05) is 0 Å². The summed E-state index contributed by atoms with van der Waals surface area (Å²) in [5.41, 5.74) is 0.504. The highest BCUT2D eigenvalue weighted by molar-refractivity contribution is 6.21. The molecule has 0 N–H and O–H groups in total. The van der Waals surface area contributed by atoms with Gasteiger partial charge in [0.15, 0.2) is 0 Å². The number of rotatable bonds is 5. The van der Waals surface area contributed by atoms with Crippen LogP contribution >= 0.6 is 0 Å². The number of nitro groups is 1. The second-order valence-electron chi connectivity index (χ2n) is 7.61. The molecular weight excluding hydrogens is 450 g/mol. The number of hydrogen-bond donors (Lipinski definition) is 0. The third-order valence-electron chi connectivity index (χ3n) is 5.49. The van der Waals surface area contributed by atoms with Crippen LogP contribution in [0.3, 0.4) is 0 Å². The van der Waals surface area contributed by atoms with Gasteiger partial charge in [-0.25, -0.2) is 4.79 Å². The van der Waals surface area contributed by atoms with Gasteiger partial charge in [0.2, 0.25) is 5.75 Å². The first-order valence-corrected chi connectivity index (χ1v) is 10.4. The zero-order valence-corrected chi connectivity index (χ0v) is 18.0. The monoisotopic (exact) mass is 465 g/mol. The van der Waals surface area contributed by atoms with Crippen molar-refractivity contribution in [2.24, 2.45) is 5.10 Å². The Labute approximate surface area is 198 Å². The number of carbonyl (C=O) groups excluding carboxylic acids is 3. The topological polar surface area (TPSA) is 119 Å². The minimum Gasteiger partial charge on any atom is -0.416 e. The van der Waals surface area contributed by atoms with Gasteiger partial charge in [0.1, 0.15) is 0 Å². The molecule has 0 bridgehead atoms. The van der Waals surface area contributed by atoms with E-state index in [-0.39, 0.29) is 28.0 Å². The molecule has 4 aromatic carbocycles. The molecule has 35 heavy (non-hydrogen) atoms. The van der Waals surface area contributed by atoms with Crippen LogP contribution in [-0.2, 0) is 0 Å². The fraction of sp³-hybridized carbons (Fsp3) is 0.